The van der Waals surface area contributed by atoms with Crippen LogP contribution in [-0.2, 0) is 17.0 Å². The molecule has 7 heteroatoms. The summed E-state index contributed by atoms with van der Waals surface area (Å²) in [5, 5.41) is 1.64. The lowest BCUT2D eigenvalue weighted by atomic mass is 10.2. The summed E-state index contributed by atoms with van der Waals surface area (Å²) in [6, 6.07) is 11.3. The fourth-order valence-corrected chi connectivity index (χ4v) is 3.54. The minimum Gasteiger partial charge on any atom is -0.383 e. The number of thioether (sulfide) groups is 1. The third-order valence-electron chi connectivity index (χ3n) is 3.68. The maximum atomic E-state index is 13.0. The maximum absolute atomic E-state index is 13.0. The molecule has 3 aromatic rings. The predicted molar refractivity (Wildman–Crippen MR) is 98.9 cm³/mol. The van der Waals surface area contributed by atoms with Crippen LogP contribution in [0.3, 0.4) is 0 Å². The molecule has 0 unspecified atom stereocenters. The molecule has 0 amide bonds. The molecule has 0 atom stereocenters. The van der Waals surface area contributed by atoms with Crippen LogP contribution in [0.2, 0.25) is 5.02 Å². The van der Waals surface area contributed by atoms with Gasteiger partial charge in [0, 0.05) is 17.9 Å². The van der Waals surface area contributed by atoms with Crippen molar-refractivity contribution < 1.29 is 9.13 Å². The number of fused-ring (bicyclic) bond motifs is 1. The van der Waals surface area contributed by atoms with Gasteiger partial charge in [0.05, 0.1) is 24.1 Å². The van der Waals surface area contributed by atoms with Gasteiger partial charge in [-0.3, -0.25) is 9.36 Å². The first-order valence-corrected chi connectivity index (χ1v) is 9.01. The van der Waals surface area contributed by atoms with Crippen LogP contribution < -0.4 is 5.56 Å². The lowest BCUT2D eigenvalue weighted by Gasteiger charge is -2.13. The highest BCUT2D eigenvalue weighted by Crippen LogP contribution is 2.23. The number of rotatable bonds is 6. The first-order chi connectivity index (χ1) is 12.1. The van der Waals surface area contributed by atoms with E-state index in [4.69, 9.17) is 16.3 Å². The fourth-order valence-electron chi connectivity index (χ4n) is 2.39. The molecule has 0 saturated carbocycles. The number of aromatic nitrogens is 2. The van der Waals surface area contributed by atoms with Crippen molar-refractivity contribution in [3.05, 3.63) is 69.2 Å². The van der Waals surface area contributed by atoms with Crippen LogP contribution in [0.1, 0.15) is 5.56 Å². The Balaban J connectivity index is 1.98. The number of nitrogens with zero attached hydrogens (tertiary/aromatic N) is 2. The van der Waals surface area contributed by atoms with E-state index in [-0.39, 0.29) is 11.4 Å². The molecule has 1 heterocycles. The van der Waals surface area contributed by atoms with Crippen LogP contribution in [0.5, 0.6) is 0 Å². The van der Waals surface area contributed by atoms with Crippen molar-refractivity contribution in [3.63, 3.8) is 0 Å². The summed E-state index contributed by atoms with van der Waals surface area (Å²) in [5.74, 6) is 0.301. The SMILES string of the molecule is COCCn1c(SCc2ccc(F)cc2)nc2cc(Cl)ccc2c1=O. The summed E-state index contributed by atoms with van der Waals surface area (Å²) in [7, 11) is 1.59. The lowest BCUT2D eigenvalue weighted by molar-refractivity contribution is 0.183. The molecule has 4 nitrogen and oxygen atoms in total. The van der Waals surface area contributed by atoms with E-state index >= 15 is 0 Å². The second-order valence-corrected chi connectivity index (χ2v) is 6.80. The number of hydrogen-bond acceptors (Lipinski definition) is 4. The van der Waals surface area contributed by atoms with Gasteiger partial charge in [-0.2, -0.15) is 0 Å². The summed E-state index contributed by atoms with van der Waals surface area (Å²) in [6.07, 6.45) is 0. The minimum absolute atomic E-state index is 0.125. The standard InChI is InChI=1S/C18H16ClFN2O2S/c1-24-9-8-22-17(23)15-7-4-13(19)10-16(15)21-18(22)25-11-12-2-5-14(20)6-3-12/h2-7,10H,8-9,11H2,1H3. The zero-order valence-electron chi connectivity index (χ0n) is 13.5. The number of methoxy groups -OCH3 is 1. The van der Waals surface area contributed by atoms with Crippen molar-refractivity contribution >= 4 is 34.3 Å². The van der Waals surface area contributed by atoms with Gasteiger partial charge in [-0.25, -0.2) is 9.37 Å². The highest BCUT2D eigenvalue weighted by atomic mass is 35.5. The Labute approximate surface area is 153 Å². The quantitative estimate of drug-likeness (QED) is 0.478. The largest absolute Gasteiger partial charge is 0.383 e. The average molecular weight is 379 g/mol. The van der Waals surface area contributed by atoms with E-state index in [1.807, 2.05) is 0 Å². The third-order valence-corrected chi connectivity index (χ3v) is 4.97. The molecule has 1 aromatic heterocycles. The van der Waals surface area contributed by atoms with Gasteiger partial charge in [-0.15, -0.1) is 0 Å². The van der Waals surface area contributed by atoms with Gasteiger partial charge in [0.2, 0.25) is 0 Å². The van der Waals surface area contributed by atoms with Crippen molar-refractivity contribution in [2.45, 2.75) is 17.5 Å². The molecule has 0 fully saturated rings. The summed E-state index contributed by atoms with van der Waals surface area (Å²) in [5.41, 5.74) is 1.39. The Morgan fingerprint density at radius 3 is 2.72 bits per heavy atom. The van der Waals surface area contributed by atoms with E-state index in [1.54, 1.807) is 42.0 Å². The Kier molecular flexibility index (Phi) is 5.73. The zero-order valence-corrected chi connectivity index (χ0v) is 15.1. The van der Waals surface area contributed by atoms with Crippen LogP contribution in [0.15, 0.2) is 52.4 Å². The number of hydrogen-bond donors (Lipinski definition) is 0. The van der Waals surface area contributed by atoms with Gasteiger partial charge < -0.3 is 4.74 Å². The molecule has 3 rings (SSSR count). The molecule has 0 radical (unpaired) electrons. The van der Waals surface area contributed by atoms with Crippen LogP contribution in [0, 0.1) is 5.82 Å². The van der Waals surface area contributed by atoms with E-state index in [0.717, 1.165) is 5.56 Å². The highest BCUT2D eigenvalue weighted by molar-refractivity contribution is 7.98. The summed E-state index contributed by atoms with van der Waals surface area (Å²) >= 11 is 7.45. The number of benzene rings is 2. The Morgan fingerprint density at radius 2 is 2.00 bits per heavy atom. The van der Waals surface area contributed by atoms with E-state index in [9.17, 15) is 9.18 Å². The Morgan fingerprint density at radius 1 is 1.24 bits per heavy atom. The molecule has 25 heavy (non-hydrogen) atoms. The van der Waals surface area contributed by atoms with Crippen LogP contribution in [0.25, 0.3) is 10.9 Å². The molecule has 2 aromatic carbocycles. The second kappa shape index (κ2) is 7.99. The van der Waals surface area contributed by atoms with Gasteiger partial charge in [0.1, 0.15) is 5.82 Å². The summed E-state index contributed by atoms with van der Waals surface area (Å²) in [4.78, 5) is 17.4. The minimum atomic E-state index is -0.274. The van der Waals surface area contributed by atoms with Crippen molar-refractivity contribution in [3.8, 4) is 0 Å². The molecule has 0 aliphatic heterocycles. The Hall–Kier alpha value is -1.89. The average Bonchev–Trinajstić information content (AvgIpc) is 2.60. The van der Waals surface area contributed by atoms with Gasteiger partial charge in [0.25, 0.3) is 5.56 Å². The van der Waals surface area contributed by atoms with Crippen molar-refractivity contribution in [2.24, 2.45) is 0 Å². The molecule has 0 aliphatic rings. The molecular formula is C18H16ClFN2O2S. The maximum Gasteiger partial charge on any atom is 0.262 e. The number of halogens is 2. The molecule has 0 N–H and O–H groups in total. The highest BCUT2D eigenvalue weighted by Gasteiger charge is 2.12. The first-order valence-electron chi connectivity index (χ1n) is 7.65. The summed E-state index contributed by atoms with van der Waals surface area (Å²) < 4.78 is 19.7. The Bertz CT molecular complexity index is 944. The van der Waals surface area contributed by atoms with Crippen molar-refractivity contribution in [1.29, 1.82) is 0 Å². The first kappa shape index (κ1) is 17.9. The molecule has 0 saturated heterocycles. The van der Waals surface area contributed by atoms with Gasteiger partial charge in [-0.1, -0.05) is 35.5 Å². The molecule has 0 bridgehead atoms. The van der Waals surface area contributed by atoms with Crippen LogP contribution >= 0.6 is 23.4 Å². The topological polar surface area (TPSA) is 44.1 Å². The van der Waals surface area contributed by atoms with Gasteiger partial charge in [0.15, 0.2) is 5.16 Å². The van der Waals surface area contributed by atoms with Crippen LogP contribution in [0.4, 0.5) is 4.39 Å². The van der Waals surface area contributed by atoms with E-state index in [0.29, 0.717) is 40.0 Å². The van der Waals surface area contributed by atoms with Gasteiger partial charge in [-0.05, 0) is 35.9 Å². The molecular weight excluding hydrogens is 363 g/mol. The molecule has 0 spiro atoms. The smallest absolute Gasteiger partial charge is 0.262 e. The van der Waals surface area contributed by atoms with E-state index < -0.39 is 0 Å². The lowest BCUT2D eigenvalue weighted by Crippen LogP contribution is -2.25. The number of ether oxygens (including phenoxy) is 1. The fraction of sp³-hybridized carbons (Fsp3) is 0.222. The summed E-state index contributed by atoms with van der Waals surface area (Å²) in [6.45, 7) is 0.817. The zero-order chi connectivity index (χ0) is 17.8. The van der Waals surface area contributed by atoms with Gasteiger partial charge >= 0.3 is 0 Å². The second-order valence-electron chi connectivity index (χ2n) is 5.42. The molecule has 130 valence electrons. The third kappa shape index (κ3) is 4.21. The predicted octanol–water partition coefficient (Wildman–Crippen LogP) is 4.13. The normalized spacial score (nSPS) is 11.2. The van der Waals surface area contributed by atoms with E-state index in [1.165, 1.54) is 23.9 Å². The van der Waals surface area contributed by atoms with Crippen molar-refractivity contribution in [1.82, 2.24) is 9.55 Å². The van der Waals surface area contributed by atoms with Crippen LogP contribution in [-0.4, -0.2) is 23.3 Å². The van der Waals surface area contributed by atoms with E-state index in [2.05, 4.69) is 4.98 Å². The van der Waals surface area contributed by atoms with Crippen molar-refractivity contribution in [2.75, 3.05) is 13.7 Å². The molecule has 0 aliphatic carbocycles. The monoisotopic (exact) mass is 378 g/mol.